The maximum Gasteiger partial charge on any atom is 0.326 e. The molecular weight excluding hydrogens is 303 g/mol. The van der Waals surface area contributed by atoms with Gasteiger partial charge in [0.05, 0.1) is 12.0 Å². The standard InChI is InChI=1S/C11H9FN4O4S/c12-10-6(7-3-13-5-14-7)1-2-8(17)11(10)16-4-9(18)15-21(16,19)20/h1-3,5,17H,4H2,(H,13,14)(H,15,18). The minimum atomic E-state index is -4.21. The van der Waals surface area contributed by atoms with Crippen molar-refractivity contribution in [3.8, 4) is 17.0 Å². The number of benzene rings is 1. The minimum Gasteiger partial charge on any atom is -0.506 e. The smallest absolute Gasteiger partial charge is 0.326 e. The van der Waals surface area contributed by atoms with Gasteiger partial charge in [-0.25, -0.2) is 18.4 Å². The summed E-state index contributed by atoms with van der Waals surface area (Å²) in [6, 6.07) is 2.41. The predicted molar refractivity (Wildman–Crippen MR) is 70.1 cm³/mol. The summed E-state index contributed by atoms with van der Waals surface area (Å²) in [5, 5.41) is 9.78. The van der Waals surface area contributed by atoms with E-state index >= 15 is 0 Å². The lowest BCUT2D eigenvalue weighted by molar-refractivity contribution is -0.117. The molecule has 10 heteroatoms. The summed E-state index contributed by atoms with van der Waals surface area (Å²) in [4.78, 5) is 17.7. The normalized spacial score (nSPS) is 17.0. The van der Waals surface area contributed by atoms with E-state index in [9.17, 15) is 22.7 Å². The number of nitrogens with zero attached hydrogens (tertiary/aromatic N) is 2. The third-order valence-corrected chi connectivity index (χ3v) is 4.32. The third-order valence-electron chi connectivity index (χ3n) is 2.94. The maximum absolute atomic E-state index is 14.6. The van der Waals surface area contributed by atoms with E-state index in [0.717, 1.165) is 6.07 Å². The van der Waals surface area contributed by atoms with Crippen molar-refractivity contribution in [2.75, 3.05) is 10.8 Å². The first-order valence-corrected chi connectivity index (χ1v) is 7.18. The average molecular weight is 312 g/mol. The predicted octanol–water partition coefficient (Wildman–Crippen LogP) is 0.102. The average Bonchev–Trinajstić information content (AvgIpc) is 2.98. The number of phenols is 1. The Morgan fingerprint density at radius 2 is 2.14 bits per heavy atom. The first kappa shape index (κ1) is 13.4. The van der Waals surface area contributed by atoms with Crippen LogP contribution in [0.2, 0.25) is 0 Å². The second-order valence-electron chi connectivity index (χ2n) is 4.29. The molecule has 0 radical (unpaired) electrons. The van der Waals surface area contributed by atoms with Gasteiger partial charge in [0.2, 0.25) is 0 Å². The van der Waals surface area contributed by atoms with E-state index in [4.69, 9.17) is 0 Å². The van der Waals surface area contributed by atoms with Crippen molar-refractivity contribution in [3.05, 3.63) is 30.5 Å². The van der Waals surface area contributed by atoms with E-state index in [-0.39, 0.29) is 11.3 Å². The Hall–Kier alpha value is -2.62. The Kier molecular flexibility index (Phi) is 2.83. The fraction of sp³-hybridized carbons (Fsp3) is 0.0909. The van der Waals surface area contributed by atoms with E-state index in [1.165, 1.54) is 18.6 Å². The molecule has 2 heterocycles. The van der Waals surface area contributed by atoms with E-state index in [0.29, 0.717) is 4.31 Å². The number of hydrogen-bond acceptors (Lipinski definition) is 5. The molecule has 1 aromatic heterocycles. The van der Waals surface area contributed by atoms with Crippen molar-refractivity contribution >= 4 is 21.8 Å². The van der Waals surface area contributed by atoms with Crippen LogP contribution in [-0.4, -0.2) is 35.9 Å². The lowest BCUT2D eigenvalue weighted by Gasteiger charge is -2.18. The number of rotatable bonds is 2. The molecular formula is C11H9FN4O4S. The molecule has 1 aliphatic rings. The van der Waals surface area contributed by atoms with Gasteiger partial charge in [0.15, 0.2) is 5.82 Å². The molecule has 3 N–H and O–H groups in total. The summed E-state index contributed by atoms with van der Waals surface area (Å²) >= 11 is 0. The van der Waals surface area contributed by atoms with Crippen LogP contribution in [0.4, 0.5) is 10.1 Å². The van der Waals surface area contributed by atoms with Crippen molar-refractivity contribution in [1.82, 2.24) is 14.7 Å². The van der Waals surface area contributed by atoms with E-state index < -0.39 is 39.9 Å². The molecule has 3 rings (SSSR count). The van der Waals surface area contributed by atoms with Crippen molar-refractivity contribution in [2.24, 2.45) is 0 Å². The lowest BCUT2D eigenvalue weighted by atomic mass is 10.1. The molecule has 1 aromatic carbocycles. The number of aromatic hydroxyl groups is 1. The van der Waals surface area contributed by atoms with Crippen LogP contribution in [-0.2, 0) is 15.0 Å². The summed E-state index contributed by atoms with van der Waals surface area (Å²) in [7, 11) is -4.21. The van der Waals surface area contributed by atoms with Crippen molar-refractivity contribution < 1.29 is 22.7 Å². The van der Waals surface area contributed by atoms with Gasteiger partial charge in [0.25, 0.3) is 5.91 Å². The number of halogens is 1. The van der Waals surface area contributed by atoms with Crippen LogP contribution in [0, 0.1) is 5.82 Å². The van der Waals surface area contributed by atoms with Gasteiger partial charge < -0.3 is 10.1 Å². The van der Waals surface area contributed by atoms with Crippen molar-refractivity contribution in [3.63, 3.8) is 0 Å². The number of anilines is 1. The highest BCUT2D eigenvalue weighted by Crippen LogP contribution is 2.37. The molecule has 1 aliphatic heterocycles. The Labute approximate surface area is 118 Å². The molecule has 0 saturated carbocycles. The largest absolute Gasteiger partial charge is 0.506 e. The Bertz CT molecular complexity index is 819. The molecule has 8 nitrogen and oxygen atoms in total. The number of hydrogen-bond donors (Lipinski definition) is 3. The summed E-state index contributed by atoms with van der Waals surface area (Å²) < 4.78 is 40.3. The number of nitrogens with one attached hydrogen (secondary N) is 2. The van der Waals surface area contributed by atoms with Crippen LogP contribution in [0.25, 0.3) is 11.3 Å². The molecule has 1 amide bonds. The number of aromatic nitrogens is 2. The van der Waals surface area contributed by atoms with Gasteiger partial charge in [0, 0.05) is 11.8 Å². The van der Waals surface area contributed by atoms with Crippen LogP contribution in [0.5, 0.6) is 5.75 Å². The van der Waals surface area contributed by atoms with Gasteiger partial charge in [0.1, 0.15) is 18.0 Å². The van der Waals surface area contributed by atoms with Crippen LogP contribution in [0.15, 0.2) is 24.7 Å². The second-order valence-corrected chi connectivity index (χ2v) is 5.88. The first-order chi connectivity index (χ1) is 9.90. The molecule has 0 bridgehead atoms. The van der Waals surface area contributed by atoms with Gasteiger partial charge in [-0.2, -0.15) is 8.42 Å². The van der Waals surface area contributed by atoms with E-state index in [2.05, 4.69) is 9.97 Å². The SMILES string of the molecule is O=C1CN(c2c(O)ccc(-c3c[nH]cn3)c2F)S(=O)(=O)N1. The van der Waals surface area contributed by atoms with Gasteiger partial charge >= 0.3 is 10.2 Å². The number of carbonyl (C=O) groups excluding carboxylic acids is 1. The van der Waals surface area contributed by atoms with Crippen molar-refractivity contribution in [1.29, 1.82) is 0 Å². The minimum absolute atomic E-state index is 0.00130. The number of aromatic amines is 1. The Morgan fingerprint density at radius 1 is 1.38 bits per heavy atom. The zero-order valence-corrected chi connectivity index (χ0v) is 11.2. The van der Waals surface area contributed by atoms with Gasteiger partial charge in [-0.3, -0.25) is 4.79 Å². The topological polar surface area (TPSA) is 115 Å². The molecule has 1 fully saturated rings. The highest BCUT2D eigenvalue weighted by Gasteiger charge is 2.38. The quantitative estimate of drug-likeness (QED) is 0.727. The summed E-state index contributed by atoms with van der Waals surface area (Å²) in [6.45, 7) is -0.600. The van der Waals surface area contributed by atoms with Gasteiger partial charge in [-0.05, 0) is 12.1 Å². The van der Waals surface area contributed by atoms with Crippen LogP contribution < -0.4 is 9.03 Å². The molecule has 110 valence electrons. The van der Waals surface area contributed by atoms with Gasteiger partial charge in [-0.1, -0.05) is 0 Å². The lowest BCUT2D eigenvalue weighted by Crippen LogP contribution is -2.30. The van der Waals surface area contributed by atoms with Crippen molar-refractivity contribution in [2.45, 2.75) is 0 Å². The number of amides is 1. The molecule has 0 aliphatic carbocycles. The highest BCUT2D eigenvalue weighted by molar-refractivity contribution is 7.92. The van der Waals surface area contributed by atoms with Crippen LogP contribution in [0.3, 0.4) is 0 Å². The summed E-state index contributed by atoms with van der Waals surface area (Å²) in [5.74, 6) is -2.38. The molecule has 0 atom stereocenters. The highest BCUT2D eigenvalue weighted by atomic mass is 32.2. The summed E-state index contributed by atoms with van der Waals surface area (Å²) in [6.07, 6.45) is 2.75. The van der Waals surface area contributed by atoms with Crippen LogP contribution >= 0.6 is 0 Å². The molecule has 0 spiro atoms. The Balaban J connectivity index is 2.20. The number of H-pyrrole nitrogens is 1. The molecule has 2 aromatic rings. The second kappa shape index (κ2) is 4.45. The fourth-order valence-electron chi connectivity index (χ4n) is 2.04. The monoisotopic (exact) mass is 312 g/mol. The van der Waals surface area contributed by atoms with Crippen LogP contribution in [0.1, 0.15) is 0 Å². The Morgan fingerprint density at radius 3 is 2.71 bits per heavy atom. The number of carbonyl (C=O) groups is 1. The zero-order valence-electron chi connectivity index (χ0n) is 10.4. The maximum atomic E-state index is 14.6. The molecule has 0 unspecified atom stereocenters. The van der Waals surface area contributed by atoms with E-state index in [1.807, 2.05) is 0 Å². The van der Waals surface area contributed by atoms with E-state index in [1.54, 1.807) is 4.72 Å². The number of imidazole rings is 1. The molecule has 1 saturated heterocycles. The first-order valence-electron chi connectivity index (χ1n) is 5.74. The summed E-state index contributed by atoms with van der Waals surface area (Å²) in [5.41, 5.74) is -0.350. The zero-order chi connectivity index (χ0) is 15.2. The fourth-order valence-corrected chi connectivity index (χ4v) is 3.21. The third kappa shape index (κ3) is 2.09. The molecule has 21 heavy (non-hydrogen) atoms. The number of phenolic OH excluding ortho intramolecular Hbond substituents is 1. The van der Waals surface area contributed by atoms with Gasteiger partial charge in [-0.15, -0.1) is 0 Å².